The molecule has 124 valence electrons. The lowest BCUT2D eigenvalue weighted by Gasteiger charge is -2.19. The molecule has 0 saturated heterocycles. The predicted molar refractivity (Wildman–Crippen MR) is 95.7 cm³/mol. The Bertz CT molecular complexity index is 428. The highest BCUT2D eigenvalue weighted by Gasteiger charge is 2.15. The maximum absolute atomic E-state index is 12.4. The highest BCUT2D eigenvalue weighted by atomic mass is 32.1. The monoisotopic (exact) mass is 321 g/mol. The second-order valence-corrected chi connectivity index (χ2v) is 7.58. The minimum Gasteiger partial charge on any atom is -0.349 e. The molecular weight excluding hydrogens is 290 g/mol. The van der Waals surface area contributed by atoms with Crippen molar-refractivity contribution in [1.82, 2.24) is 5.32 Å². The zero-order chi connectivity index (χ0) is 15.6. The Balaban J connectivity index is 1.84. The van der Waals surface area contributed by atoms with Crippen molar-refractivity contribution in [2.24, 2.45) is 0 Å². The Morgan fingerprint density at radius 3 is 2.09 bits per heavy atom. The SMILES string of the molecule is CCc1cc(C(=O)NC2CCCCCCCCCCC2)cs1. The molecule has 1 saturated carbocycles. The third-order valence-electron chi connectivity index (χ3n) is 4.70. The van der Waals surface area contributed by atoms with Crippen LogP contribution in [0.1, 0.15) is 92.8 Å². The molecule has 1 aromatic heterocycles. The molecular formula is C19H31NOS. The molecule has 0 spiro atoms. The summed E-state index contributed by atoms with van der Waals surface area (Å²) >= 11 is 1.70. The number of hydrogen-bond donors (Lipinski definition) is 1. The van der Waals surface area contributed by atoms with Crippen LogP contribution in [0.2, 0.25) is 0 Å². The van der Waals surface area contributed by atoms with E-state index in [1.54, 1.807) is 11.3 Å². The van der Waals surface area contributed by atoms with Gasteiger partial charge in [-0.05, 0) is 25.3 Å². The van der Waals surface area contributed by atoms with E-state index in [2.05, 4.69) is 18.3 Å². The lowest BCUT2D eigenvalue weighted by molar-refractivity contribution is 0.0932. The molecule has 1 aromatic rings. The molecule has 22 heavy (non-hydrogen) atoms. The van der Waals surface area contributed by atoms with Gasteiger partial charge in [-0.25, -0.2) is 0 Å². The fourth-order valence-electron chi connectivity index (χ4n) is 3.26. The van der Waals surface area contributed by atoms with Gasteiger partial charge in [0.25, 0.3) is 5.91 Å². The maximum Gasteiger partial charge on any atom is 0.252 e. The summed E-state index contributed by atoms with van der Waals surface area (Å²) in [6.07, 6.45) is 15.4. The minimum atomic E-state index is 0.132. The first-order valence-corrected chi connectivity index (χ1v) is 10.1. The number of thiophene rings is 1. The molecule has 0 aromatic carbocycles. The second kappa shape index (κ2) is 10.0. The summed E-state index contributed by atoms with van der Waals surface area (Å²) in [6.45, 7) is 2.14. The summed E-state index contributed by atoms with van der Waals surface area (Å²) < 4.78 is 0. The van der Waals surface area contributed by atoms with Gasteiger partial charge in [0, 0.05) is 16.3 Å². The van der Waals surface area contributed by atoms with Crippen LogP contribution in [0, 0.1) is 0 Å². The first-order valence-electron chi connectivity index (χ1n) is 9.18. The number of nitrogens with one attached hydrogen (secondary N) is 1. The molecule has 2 rings (SSSR count). The van der Waals surface area contributed by atoms with Gasteiger partial charge in [-0.2, -0.15) is 0 Å². The average Bonchev–Trinajstić information content (AvgIpc) is 2.99. The van der Waals surface area contributed by atoms with Crippen molar-refractivity contribution in [2.75, 3.05) is 0 Å². The van der Waals surface area contributed by atoms with Crippen molar-refractivity contribution in [2.45, 2.75) is 90.0 Å². The van der Waals surface area contributed by atoms with Gasteiger partial charge in [0.2, 0.25) is 0 Å². The second-order valence-electron chi connectivity index (χ2n) is 6.58. The van der Waals surface area contributed by atoms with Crippen molar-refractivity contribution in [3.05, 3.63) is 21.9 Å². The normalized spacial score (nSPS) is 19.1. The molecule has 1 fully saturated rings. The quantitative estimate of drug-likeness (QED) is 0.758. The Labute approximate surface area is 139 Å². The van der Waals surface area contributed by atoms with Gasteiger partial charge >= 0.3 is 0 Å². The summed E-state index contributed by atoms with van der Waals surface area (Å²) in [5.74, 6) is 0.132. The Morgan fingerprint density at radius 1 is 1.05 bits per heavy atom. The number of rotatable bonds is 3. The van der Waals surface area contributed by atoms with E-state index < -0.39 is 0 Å². The van der Waals surface area contributed by atoms with Gasteiger partial charge in [0.1, 0.15) is 0 Å². The molecule has 0 bridgehead atoms. The highest BCUT2D eigenvalue weighted by molar-refractivity contribution is 7.10. The Kier molecular flexibility index (Phi) is 8.00. The highest BCUT2D eigenvalue weighted by Crippen LogP contribution is 2.19. The van der Waals surface area contributed by atoms with Crippen LogP contribution in [0.5, 0.6) is 0 Å². The Hall–Kier alpha value is -0.830. The summed E-state index contributed by atoms with van der Waals surface area (Å²) in [5.41, 5.74) is 0.855. The van der Waals surface area contributed by atoms with E-state index in [0.717, 1.165) is 24.8 Å². The summed E-state index contributed by atoms with van der Waals surface area (Å²) in [7, 11) is 0. The van der Waals surface area contributed by atoms with Crippen molar-refractivity contribution in [1.29, 1.82) is 0 Å². The zero-order valence-corrected chi connectivity index (χ0v) is 14.9. The largest absolute Gasteiger partial charge is 0.349 e. The van der Waals surface area contributed by atoms with Crippen molar-refractivity contribution in [3.63, 3.8) is 0 Å². The summed E-state index contributed by atoms with van der Waals surface area (Å²) in [6, 6.07) is 2.42. The van der Waals surface area contributed by atoms with E-state index >= 15 is 0 Å². The number of hydrogen-bond acceptors (Lipinski definition) is 2. The molecule has 3 heteroatoms. The van der Waals surface area contributed by atoms with Crippen LogP contribution in [0.25, 0.3) is 0 Å². The van der Waals surface area contributed by atoms with Crippen LogP contribution in [-0.4, -0.2) is 11.9 Å². The Morgan fingerprint density at radius 2 is 1.59 bits per heavy atom. The van der Waals surface area contributed by atoms with Gasteiger partial charge in [0.15, 0.2) is 0 Å². The van der Waals surface area contributed by atoms with E-state index in [4.69, 9.17) is 0 Å². The van der Waals surface area contributed by atoms with Crippen LogP contribution >= 0.6 is 11.3 Å². The van der Waals surface area contributed by atoms with Crippen molar-refractivity contribution >= 4 is 17.2 Å². The predicted octanol–water partition coefficient (Wildman–Crippen LogP) is 5.71. The van der Waals surface area contributed by atoms with Crippen molar-refractivity contribution < 1.29 is 4.79 Å². The number of aryl methyl sites for hydroxylation is 1. The standard InChI is InChI=1S/C19H31NOS/c1-2-18-14-16(15-22-18)19(21)20-17-12-10-8-6-4-3-5-7-9-11-13-17/h14-15,17H,2-13H2,1H3,(H,20,21). The van der Waals surface area contributed by atoms with Crippen LogP contribution in [-0.2, 0) is 6.42 Å². The summed E-state index contributed by atoms with van der Waals surface area (Å²) in [5, 5.41) is 5.30. The third kappa shape index (κ3) is 6.12. The van der Waals surface area contributed by atoms with Crippen LogP contribution in [0.15, 0.2) is 11.4 Å². The van der Waals surface area contributed by atoms with E-state index in [9.17, 15) is 4.79 Å². The van der Waals surface area contributed by atoms with Gasteiger partial charge < -0.3 is 5.32 Å². The lowest BCUT2D eigenvalue weighted by Crippen LogP contribution is -2.34. The molecule has 1 heterocycles. The molecule has 0 radical (unpaired) electrons. The summed E-state index contributed by atoms with van der Waals surface area (Å²) in [4.78, 5) is 13.7. The molecule has 1 aliphatic rings. The smallest absolute Gasteiger partial charge is 0.252 e. The van der Waals surface area contributed by atoms with E-state index in [1.807, 2.05) is 5.38 Å². The van der Waals surface area contributed by atoms with Crippen LogP contribution in [0.4, 0.5) is 0 Å². The maximum atomic E-state index is 12.4. The molecule has 0 unspecified atom stereocenters. The first-order chi connectivity index (χ1) is 10.8. The average molecular weight is 322 g/mol. The van der Waals surface area contributed by atoms with Crippen LogP contribution in [0.3, 0.4) is 0 Å². The van der Waals surface area contributed by atoms with Crippen molar-refractivity contribution in [3.8, 4) is 0 Å². The first kappa shape index (κ1) is 17.5. The molecule has 0 atom stereocenters. The van der Waals surface area contributed by atoms with Gasteiger partial charge in [0.05, 0.1) is 5.56 Å². The molecule has 1 N–H and O–H groups in total. The number of carbonyl (C=O) groups is 1. The fraction of sp³-hybridized carbons (Fsp3) is 0.737. The number of amides is 1. The molecule has 2 nitrogen and oxygen atoms in total. The van der Waals surface area contributed by atoms with Crippen LogP contribution < -0.4 is 5.32 Å². The molecule has 1 amide bonds. The fourth-order valence-corrected chi connectivity index (χ4v) is 4.08. The van der Waals surface area contributed by atoms with Gasteiger partial charge in [-0.3, -0.25) is 4.79 Å². The van der Waals surface area contributed by atoms with E-state index in [0.29, 0.717) is 6.04 Å². The number of carbonyl (C=O) groups excluding carboxylic acids is 1. The zero-order valence-electron chi connectivity index (χ0n) is 14.0. The molecule has 1 aliphatic carbocycles. The lowest BCUT2D eigenvalue weighted by atomic mass is 9.98. The molecule has 0 aliphatic heterocycles. The third-order valence-corrected chi connectivity index (χ3v) is 5.79. The van der Waals surface area contributed by atoms with E-state index in [-0.39, 0.29) is 5.91 Å². The van der Waals surface area contributed by atoms with E-state index in [1.165, 1.54) is 62.7 Å². The minimum absolute atomic E-state index is 0.132. The topological polar surface area (TPSA) is 29.1 Å². The van der Waals surface area contributed by atoms with Gasteiger partial charge in [-0.1, -0.05) is 64.7 Å². The van der Waals surface area contributed by atoms with Gasteiger partial charge in [-0.15, -0.1) is 11.3 Å².